The number of rotatable bonds is 11. The first-order valence-corrected chi connectivity index (χ1v) is 11.8. The predicted octanol–water partition coefficient (Wildman–Crippen LogP) is 3.00. The fraction of sp³-hybridized carbons (Fsp3) is 0.409. The van der Waals surface area contributed by atoms with Crippen LogP contribution in [0.5, 0.6) is 11.5 Å². The van der Waals surface area contributed by atoms with Gasteiger partial charge in [-0.25, -0.2) is 8.42 Å². The van der Waals surface area contributed by atoms with Crippen LogP contribution in [0.2, 0.25) is 0 Å². The monoisotopic (exact) mass is 434 g/mol. The number of hydrogen-bond acceptors (Lipinski definition) is 5. The van der Waals surface area contributed by atoms with Gasteiger partial charge in [-0.3, -0.25) is 9.10 Å². The maximum Gasteiger partial charge on any atom is 0.260 e. The van der Waals surface area contributed by atoms with Crippen molar-refractivity contribution in [1.29, 1.82) is 0 Å². The van der Waals surface area contributed by atoms with Crippen LogP contribution in [0.25, 0.3) is 0 Å². The Morgan fingerprint density at radius 3 is 2.23 bits per heavy atom. The average molecular weight is 435 g/mol. The zero-order valence-corrected chi connectivity index (χ0v) is 18.7. The van der Waals surface area contributed by atoms with Crippen molar-refractivity contribution in [3.63, 3.8) is 0 Å². The van der Waals surface area contributed by atoms with E-state index in [2.05, 4.69) is 5.32 Å². The molecule has 0 saturated heterocycles. The maximum absolute atomic E-state index is 12.2. The number of hydrogen-bond donors (Lipinski definition) is 1. The molecular weight excluding hydrogens is 404 g/mol. The summed E-state index contributed by atoms with van der Waals surface area (Å²) in [5.74, 6) is 1.16. The Kier molecular flexibility index (Phi) is 8.53. The maximum atomic E-state index is 12.2. The number of benzene rings is 2. The second kappa shape index (κ2) is 10.9. The molecule has 30 heavy (non-hydrogen) atoms. The number of aryl methyl sites for hydroxylation is 1. The van der Waals surface area contributed by atoms with E-state index in [4.69, 9.17) is 9.47 Å². The van der Waals surface area contributed by atoms with Crippen molar-refractivity contribution in [2.45, 2.75) is 32.8 Å². The number of anilines is 1. The highest BCUT2D eigenvalue weighted by molar-refractivity contribution is 7.92. The van der Waals surface area contributed by atoms with Gasteiger partial charge < -0.3 is 14.8 Å². The molecule has 1 atom stereocenters. The lowest BCUT2D eigenvalue weighted by atomic mass is 10.1. The van der Waals surface area contributed by atoms with Crippen LogP contribution < -0.4 is 19.1 Å². The average Bonchev–Trinajstić information content (AvgIpc) is 2.71. The highest BCUT2D eigenvalue weighted by Crippen LogP contribution is 2.21. The molecule has 0 aliphatic carbocycles. The van der Waals surface area contributed by atoms with E-state index in [9.17, 15) is 13.2 Å². The van der Waals surface area contributed by atoms with Crippen LogP contribution in [0.3, 0.4) is 0 Å². The Hall–Kier alpha value is -2.74. The first-order valence-electron chi connectivity index (χ1n) is 9.90. The summed E-state index contributed by atoms with van der Waals surface area (Å²) in [6.45, 7) is 4.83. The summed E-state index contributed by atoms with van der Waals surface area (Å²) in [4.78, 5) is 12.2. The van der Waals surface area contributed by atoms with E-state index < -0.39 is 16.1 Å². The zero-order chi connectivity index (χ0) is 22.1. The minimum absolute atomic E-state index is 0.195. The number of carbonyl (C=O) groups is 1. The molecule has 1 amide bonds. The van der Waals surface area contributed by atoms with Crippen LogP contribution in [-0.4, -0.2) is 46.9 Å². The number of carbonyl (C=O) groups excluding carboxylic acids is 1. The molecule has 0 saturated carbocycles. The van der Waals surface area contributed by atoms with Gasteiger partial charge >= 0.3 is 0 Å². The molecule has 0 radical (unpaired) electrons. The van der Waals surface area contributed by atoms with E-state index >= 15 is 0 Å². The SMILES string of the molecule is CCOc1ccc(CCCNC(=O)C(C)Oc2ccc(N(C)S(C)(=O)=O)cc2)cc1. The molecule has 1 N–H and O–H groups in total. The molecular formula is C22H30N2O5S. The molecule has 0 heterocycles. The molecule has 2 aromatic rings. The summed E-state index contributed by atoms with van der Waals surface area (Å²) >= 11 is 0. The van der Waals surface area contributed by atoms with E-state index in [1.807, 2.05) is 31.2 Å². The van der Waals surface area contributed by atoms with Crippen molar-refractivity contribution in [1.82, 2.24) is 5.32 Å². The Morgan fingerprint density at radius 2 is 1.67 bits per heavy atom. The van der Waals surface area contributed by atoms with Crippen LogP contribution in [0.15, 0.2) is 48.5 Å². The smallest absolute Gasteiger partial charge is 0.260 e. The van der Waals surface area contributed by atoms with Gasteiger partial charge in [-0.05, 0) is 68.7 Å². The molecule has 164 valence electrons. The fourth-order valence-electron chi connectivity index (χ4n) is 2.75. The molecule has 2 rings (SSSR count). The van der Waals surface area contributed by atoms with Gasteiger partial charge in [0.1, 0.15) is 11.5 Å². The molecule has 0 aliphatic heterocycles. The first kappa shape index (κ1) is 23.5. The quantitative estimate of drug-likeness (QED) is 0.550. The highest BCUT2D eigenvalue weighted by atomic mass is 32.2. The Balaban J connectivity index is 1.75. The van der Waals surface area contributed by atoms with Crippen molar-refractivity contribution in [2.24, 2.45) is 0 Å². The van der Waals surface area contributed by atoms with Gasteiger partial charge in [0.25, 0.3) is 5.91 Å². The second-order valence-electron chi connectivity index (χ2n) is 6.96. The third-order valence-electron chi connectivity index (χ3n) is 4.56. The van der Waals surface area contributed by atoms with Crippen LogP contribution in [0.1, 0.15) is 25.8 Å². The lowest BCUT2D eigenvalue weighted by Gasteiger charge is -2.18. The number of amides is 1. The third-order valence-corrected chi connectivity index (χ3v) is 5.76. The van der Waals surface area contributed by atoms with Crippen molar-refractivity contribution < 1.29 is 22.7 Å². The number of ether oxygens (including phenoxy) is 2. The van der Waals surface area contributed by atoms with Crippen molar-refractivity contribution >= 4 is 21.6 Å². The summed E-state index contributed by atoms with van der Waals surface area (Å²) < 4.78 is 35.4. The zero-order valence-electron chi connectivity index (χ0n) is 17.9. The Bertz CT molecular complexity index is 912. The number of nitrogens with one attached hydrogen (secondary N) is 1. The number of nitrogens with zero attached hydrogens (tertiary/aromatic N) is 1. The van der Waals surface area contributed by atoms with Gasteiger partial charge in [0, 0.05) is 13.6 Å². The molecule has 0 bridgehead atoms. The summed E-state index contributed by atoms with van der Waals surface area (Å²) in [7, 11) is -1.84. The Labute approximate surface area is 179 Å². The minimum Gasteiger partial charge on any atom is -0.494 e. The van der Waals surface area contributed by atoms with Gasteiger partial charge in [0.15, 0.2) is 6.10 Å². The summed E-state index contributed by atoms with van der Waals surface area (Å²) in [6.07, 6.45) is 2.16. The van der Waals surface area contributed by atoms with Crippen LogP contribution in [0, 0.1) is 0 Å². The summed E-state index contributed by atoms with van der Waals surface area (Å²) in [5.41, 5.74) is 1.72. The molecule has 7 nitrogen and oxygen atoms in total. The van der Waals surface area contributed by atoms with Gasteiger partial charge in [-0.1, -0.05) is 12.1 Å². The third kappa shape index (κ3) is 7.26. The van der Waals surface area contributed by atoms with Crippen molar-refractivity contribution in [2.75, 3.05) is 30.8 Å². The second-order valence-corrected chi connectivity index (χ2v) is 8.97. The van der Waals surface area contributed by atoms with E-state index in [1.54, 1.807) is 31.2 Å². The molecule has 8 heteroatoms. The fourth-order valence-corrected chi connectivity index (χ4v) is 3.26. The van der Waals surface area contributed by atoms with E-state index in [0.717, 1.165) is 24.8 Å². The van der Waals surface area contributed by atoms with Crippen molar-refractivity contribution in [3.05, 3.63) is 54.1 Å². The highest BCUT2D eigenvalue weighted by Gasteiger charge is 2.15. The Morgan fingerprint density at radius 1 is 1.07 bits per heavy atom. The van der Waals surface area contributed by atoms with E-state index in [-0.39, 0.29) is 5.91 Å². The van der Waals surface area contributed by atoms with Gasteiger partial charge in [0.05, 0.1) is 18.6 Å². The predicted molar refractivity (Wildman–Crippen MR) is 119 cm³/mol. The van der Waals surface area contributed by atoms with E-state index in [1.165, 1.54) is 16.9 Å². The molecule has 0 fully saturated rings. The van der Waals surface area contributed by atoms with Gasteiger partial charge in [-0.2, -0.15) is 0 Å². The standard InChI is InChI=1S/C22H30N2O5S/c1-5-28-20-12-8-18(9-13-20)7-6-16-23-22(25)17(2)29-21-14-10-19(11-15-21)24(3)30(4,26)27/h8-15,17H,5-7,16H2,1-4H3,(H,23,25). The summed E-state index contributed by atoms with van der Waals surface area (Å²) in [5, 5.41) is 2.88. The molecule has 0 aromatic heterocycles. The normalized spacial score (nSPS) is 12.1. The van der Waals surface area contributed by atoms with Gasteiger partial charge in [0.2, 0.25) is 10.0 Å². The molecule has 1 unspecified atom stereocenters. The first-order chi connectivity index (χ1) is 14.2. The van der Waals surface area contributed by atoms with Crippen LogP contribution in [-0.2, 0) is 21.2 Å². The van der Waals surface area contributed by atoms with Gasteiger partial charge in [-0.15, -0.1) is 0 Å². The largest absolute Gasteiger partial charge is 0.494 e. The van der Waals surface area contributed by atoms with E-state index in [0.29, 0.717) is 24.6 Å². The van der Waals surface area contributed by atoms with Crippen molar-refractivity contribution in [3.8, 4) is 11.5 Å². The summed E-state index contributed by atoms with van der Waals surface area (Å²) in [6, 6.07) is 14.5. The van der Waals surface area contributed by atoms with Crippen LogP contribution in [0.4, 0.5) is 5.69 Å². The lowest BCUT2D eigenvalue weighted by Crippen LogP contribution is -2.36. The molecule has 2 aromatic carbocycles. The topological polar surface area (TPSA) is 84.9 Å². The number of sulfonamides is 1. The molecule has 0 spiro atoms. The minimum atomic E-state index is -3.32. The van der Waals surface area contributed by atoms with Crippen LogP contribution >= 0.6 is 0 Å². The molecule has 0 aliphatic rings. The lowest BCUT2D eigenvalue weighted by molar-refractivity contribution is -0.127.